The molecule has 1 aliphatic heterocycles. The summed E-state index contributed by atoms with van der Waals surface area (Å²) in [6.07, 6.45) is 0. The molecule has 1 aliphatic rings. The number of carbonyl (C=O) groups is 2. The van der Waals surface area contributed by atoms with Gasteiger partial charge in [-0.3, -0.25) is 9.59 Å². The quantitative estimate of drug-likeness (QED) is 0.871. The number of aryl methyl sites for hydroxylation is 1. The van der Waals surface area contributed by atoms with Crippen LogP contribution >= 0.6 is 11.3 Å². The minimum Gasteiger partial charge on any atom is -0.481 e. The van der Waals surface area contributed by atoms with Crippen molar-refractivity contribution in [1.29, 1.82) is 0 Å². The molecule has 1 N–H and O–H groups in total. The van der Waals surface area contributed by atoms with Gasteiger partial charge in [0.25, 0.3) is 5.91 Å². The molecule has 0 aliphatic carbocycles. The fourth-order valence-electron chi connectivity index (χ4n) is 1.98. The highest BCUT2D eigenvalue weighted by Crippen LogP contribution is 2.22. The zero-order chi connectivity index (χ0) is 13.3. The third-order valence-electron chi connectivity index (χ3n) is 3.13. The van der Waals surface area contributed by atoms with Crippen LogP contribution in [0.4, 0.5) is 0 Å². The third-order valence-corrected chi connectivity index (χ3v) is 4.04. The number of hydrogen-bond donors (Lipinski definition) is 1. The lowest BCUT2D eigenvalue weighted by molar-refractivity contribution is -0.142. The van der Waals surface area contributed by atoms with Crippen molar-refractivity contribution >= 4 is 23.2 Å². The van der Waals surface area contributed by atoms with Crippen LogP contribution in [0.3, 0.4) is 0 Å². The van der Waals surface area contributed by atoms with Gasteiger partial charge in [-0.15, -0.1) is 11.3 Å². The Morgan fingerprint density at radius 2 is 2.28 bits per heavy atom. The van der Waals surface area contributed by atoms with Crippen LogP contribution in [0.25, 0.3) is 0 Å². The van der Waals surface area contributed by atoms with Gasteiger partial charge in [0, 0.05) is 7.05 Å². The van der Waals surface area contributed by atoms with Crippen LogP contribution < -0.4 is 0 Å². The number of nitrogens with zero attached hydrogens (tertiary/aromatic N) is 2. The Kier molecular flexibility index (Phi) is 3.63. The molecule has 7 heteroatoms. The van der Waals surface area contributed by atoms with Gasteiger partial charge in [-0.1, -0.05) is 0 Å². The van der Waals surface area contributed by atoms with E-state index < -0.39 is 17.9 Å². The van der Waals surface area contributed by atoms with Gasteiger partial charge >= 0.3 is 5.97 Å². The summed E-state index contributed by atoms with van der Waals surface area (Å²) in [7, 11) is 1.61. The first-order chi connectivity index (χ1) is 8.52. The van der Waals surface area contributed by atoms with E-state index in [0.717, 1.165) is 0 Å². The predicted octanol–water partition coefficient (Wildman–Crippen LogP) is 0.623. The van der Waals surface area contributed by atoms with Gasteiger partial charge in [-0.05, 0) is 6.92 Å². The first-order valence-corrected chi connectivity index (χ1v) is 6.38. The second-order valence-electron chi connectivity index (χ2n) is 4.23. The average Bonchev–Trinajstić information content (AvgIpc) is 2.95. The summed E-state index contributed by atoms with van der Waals surface area (Å²) >= 11 is 1.26. The molecule has 0 saturated carbocycles. The number of ether oxygens (including phenoxy) is 1. The smallest absolute Gasteiger partial charge is 0.311 e. The molecule has 1 aromatic heterocycles. The fraction of sp³-hybridized carbons (Fsp3) is 0.545. The van der Waals surface area contributed by atoms with E-state index in [0.29, 0.717) is 10.6 Å². The number of hydrogen-bond acceptors (Lipinski definition) is 5. The second-order valence-corrected chi connectivity index (χ2v) is 5.09. The van der Waals surface area contributed by atoms with E-state index in [1.54, 1.807) is 19.5 Å². The average molecular weight is 270 g/mol. The highest BCUT2D eigenvalue weighted by atomic mass is 32.1. The Balaban J connectivity index is 2.16. The van der Waals surface area contributed by atoms with Crippen molar-refractivity contribution in [1.82, 2.24) is 9.88 Å². The first kappa shape index (κ1) is 13.0. The van der Waals surface area contributed by atoms with Crippen LogP contribution in [0.5, 0.6) is 0 Å². The molecule has 1 aromatic rings. The molecule has 6 nitrogen and oxygen atoms in total. The van der Waals surface area contributed by atoms with E-state index in [4.69, 9.17) is 9.84 Å². The van der Waals surface area contributed by atoms with Gasteiger partial charge in [-0.2, -0.15) is 0 Å². The fourth-order valence-corrected chi connectivity index (χ4v) is 2.76. The lowest BCUT2D eigenvalue weighted by atomic mass is 10.0. The lowest BCUT2D eigenvalue weighted by Gasteiger charge is -2.25. The van der Waals surface area contributed by atoms with E-state index in [-0.39, 0.29) is 19.1 Å². The maximum atomic E-state index is 12.2. The van der Waals surface area contributed by atoms with Crippen molar-refractivity contribution in [2.75, 3.05) is 20.3 Å². The number of thiazole rings is 1. The van der Waals surface area contributed by atoms with Crippen LogP contribution in [0.2, 0.25) is 0 Å². The van der Waals surface area contributed by atoms with Crippen molar-refractivity contribution in [2.45, 2.75) is 13.0 Å². The standard InChI is InChI=1S/C11H14N2O4S/c1-6-9(18-5-12-6)10(14)13(2)8-4-17-3-7(8)11(15)16/h5,7-8H,3-4H2,1-2H3,(H,15,16). The zero-order valence-electron chi connectivity index (χ0n) is 10.1. The molecule has 2 rings (SSSR count). The molecular weight excluding hydrogens is 256 g/mol. The normalized spacial score (nSPS) is 23.0. The number of aromatic nitrogens is 1. The van der Waals surface area contributed by atoms with Crippen molar-refractivity contribution in [2.24, 2.45) is 5.92 Å². The molecule has 0 aromatic carbocycles. The molecule has 2 atom stereocenters. The largest absolute Gasteiger partial charge is 0.481 e. The highest BCUT2D eigenvalue weighted by Gasteiger charge is 2.39. The van der Waals surface area contributed by atoms with Crippen LogP contribution in [-0.4, -0.2) is 53.2 Å². The lowest BCUT2D eigenvalue weighted by Crippen LogP contribution is -2.44. The molecule has 18 heavy (non-hydrogen) atoms. The minimum atomic E-state index is -0.932. The topological polar surface area (TPSA) is 79.7 Å². The molecule has 1 amide bonds. The van der Waals surface area contributed by atoms with Crippen LogP contribution in [-0.2, 0) is 9.53 Å². The minimum absolute atomic E-state index is 0.152. The molecule has 2 heterocycles. The summed E-state index contributed by atoms with van der Waals surface area (Å²) in [5, 5.41) is 9.07. The number of rotatable bonds is 3. The SMILES string of the molecule is Cc1ncsc1C(=O)N(C)C1COCC1C(=O)O. The Bertz CT molecular complexity index is 473. The van der Waals surface area contributed by atoms with Crippen LogP contribution in [0.15, 0.2) is 5.51 Å². The number of aliphatic carboxylic acids is 1. The van der Waals surface area contributed by atoms with E-state index >= 15 is 0 Å². The monoisotopic (exact) mass is 270 g/mol. The van der Waals surface area contributed by atoms with Crippen LogP contribution in [0, 0.1) is 12.8 Å². The highest BCUT2D eigenvalue weighted by molar-refractivity contribution is 7.11. The molecule has 98 valence electrons. The van der Waals surface area contributed by atoms with Gasteiger partial charge in [0.15, 0.2) is 0 Å². The van der Waals surface area contributed by atoms with E-state index in [2.05, 4.69) is 4.98 Å². The molecule has 0 spiro atoms. The Morgan fingerprint density at radius 1 is 1.56 bits per heavy atom. The Hall–Kier alpha value is -1.47. The summed E-state index contributed by atoms with van der Waals surface area (Å²) < 4.78 is 5.16. The third kappa shape index (κ3) is 2.23. The van der Waals surface area contributed by atoms with Gasteiger partial charge in [-0.25, -0.2) is 4.98 Å². The molecular formula is C11H14N2O4S. The molecule has 0 bridgehead atoms. The molecule has 2 unspecified atom stereocenters. The predicted molar refractivity (Wildman–Crippen MR) is 64.7 cm³/mol. The summed E-state index contributed by atoms with van der Waals surface area (Å²) in [5.41, 5.74) is 2.28. The van der Waals surface area contributed by atoms with Crippen molar-refractivity contribution < 1.29 is 19.4 Å². The zero-order valence-corrected chi connectivity index (χ0v) is 10.9. The molecule has 1 fully saturated rings. The summed E-state index contributed by atoms with van der Waals surface area (Å²) in [6.45, 7) is 2.17. The van der Waals surface area contributed by atoms with E-state index in [1.807, 2.05) is 0 Å². The summed E-state index contributed by atoms with van der Waals surface area (Å²) in [5.74, 6) is -1.79. The van der Waals surface area contributed by atoms with E-state index in [9.17, 15) is 9.59 Å². The molecule has 0 radical (unpaired) electrons. The van der Waals surface area contributed by atoms with Crippen molar-refractivity contribution in [3.63, 3.8) is 0 Å². The van der Waals surface area contributed by atoms with Crippen molar-refractivity contribution in [3.05, 3.63) is 16.1 Å². The molecule has 1 saturated heterocycles. The van der Waals surface area contributed by atoms with Gasteiger partial charge in [0.05, 0.1) is 30.5 Å². The summed E-state index contributed by atoms with van der Waals surface area (Å²) in [6, 6.07) is -0.420. The van der Waals surface area contributed by atoms with Gasteiger partial charge in [0.2, 0.25) is 0 Å². The number of likely N-dealkylation sites (N-methyl/N-ethyl adjacent to an activating group) is 1. The Labute approximate surface area is 108 Å². The first-order valence-electron chi connectivity index (χ1n) is 5.50. The Morgan fingerprint density at radius 3 is 2.83 bits per heavy atom. The number of amides is 1. The maximum Gasteiger partial charge on any atom is 0.311 e. The van der Waals surface area contributed by atoms with Gasteiger partial charge < -0.3 is 14.7 Å². The van der Waals surface area contributed by atoms with Gasteiger partial charge in [0.1, 0.15) is 10.8 Å². The van der Waals surface area contributed by atoms with Crippen molar-refractivity contribution in [3.8, 4) is 0 Å². The number of carbonyl (C=O) groups excluding carboxylic acids is 1. The van der Waals surface area contributed by atoms with E-state index in [1.165, 1.54) is 16.2 Å². The number of carboxylic acids is 1. The summed E-state index contributed by atoms with van der Waals surface area (Å²) in [4.78, 5) is 29.3. The number of carboxylic acid groups (broad SMARTS) is 1. The maximum absolute atomic E-state index is 12.2. The second kappa shape index (κ2) is 5.03. The van der Waals surface area contributed by atoms with Crippen LogP contribution in [0.1, 0.15) is 15.4 Å².